The van der Waals surface area contributed by atoms with Gasteiger partial charge >= 0.3 is 0 Å². The molecule has 2 rings (SSSR count). The molecule has 0 bridgehead atoms. The van der Waals surface area contributed by atoms with E-state index < -0.39 is 0 Å². The summed E-state index contributed by atoms with van der Waals surface area (Å²) in [6, 6.07) is 7.64. The molecule has 102 valence electrons. The summed E-state index contributed by atoms with van der Waals surface area (Å²) in [5.41, 5.74) is 8.25. The molecule has 4 heteroatoms. The molecule has 0 unspecified atom stereocenters. The van der Waals surface area contributed by atoms with E-state index in [-0.39, 0.29) is 5.91 Å². The fraction of sp³-hybridized carbons (Fsp3) is 0.400. The number of carbonyl (C=O) groups is 1. The van der Waals surface area contributed by atoms with Crippen molar-refractivity contribution in [1.82, 2.24) is 9.88 Å². The Morgan fingerprint density at radius 1 is 1.37 bits per heavy atom. The molecule has 0 atom stereocenters. The first-order valence-electron chi connectivity index (χ1n) is 6.70. The van der Waals surface area contributed by atoms with Crippen LogP contribution in [0.5, 0.6) is 0 Å². The Labute approximate surface area is 113 Å². The van der Waals surface area contributed by atoms with Gasteiger partial charge in [0.1, 0.15) is 5.69 Å². The number of nitrogen functional groups attached to an aromatic ring is 1. The maximum Gasteiger partial charge on any atom is 0.267 e. The van der Waals surface area contributed by atoms with Crippen LogP contribution in [0.15, 0.2) is 24.3 Å². The highest BCUT2D eigenvalue weighted by atomic mass is 16.1. The summed E-state index contributed by atoms with van der Waals surface area (Å²) >= 11 is 0. The second kappa shape index (κ2) is 5.34. The third kappa shape index (κ3) is 2.72. The van der Waals surface area contributed by atoms with Gasteiger partial charge in [0.15, 0.2) is 0 Å². The average Bonchev–Trinajstić information content (AvgIpc) is 2.73. The van der Waals surface area contributed by atoms with E-state index in [9.17, 15) is 4.79 Å². The van der Waals surface area contributed by atoms with Crippen molar-refractivity contribution in [3.63, 3.8) is 0 Å². The van der Waals surface area contributed by atoms with Crippen molar-refractivity contribution in [1.29, 1.82) is 0 Å². The molecule has 0 saturated carbocycles. The van der Waals surface area contributed by atoms with Crippen molar-refractivity contribution in [2.24, 2.45) is 5.92 Å². The molecule has 19 heavy (non-hydrogen) atoms. The van der Waals surface area contributed by atoms with Crippen LogP contribution in [-0.4, -0.2) is 17.0 Å². The number of hydrogen-bond donors (Lipinski definition) is 2. The van der Waals surface area contributed by atoms with E-state index in [0.717, 1.165) is 23.1 Å². The molecular formula is C15H21N3O. The van der Waals surface area contributed by atoms with Crippen molar-refractivity contribution in [2.75, 3.05) is 12.3 Å². The lowest BCUT2D eigenvalue weighted by Gasteiger charge is -2.10. The number of nitrogens with zero attached hydrogens (tertiary/aromatic N) is 1. The minimum absolute atomic E-state index is 0.0229. The fourth-order valence-corrected chi connectivity index (χ4v) is 2.21. The Morgan fingerprint density at radius 3 is 2.74 bits per heavy atom. The molecule has 1 aromatic carbocycles. The Balaban J connectivity index is 2.39. The summed E-state index contributed by atoms with van der Waals surface area (Å²) in [5.74, 6) is 0.421. The third-order valence-electron chi connectivity index (χ3n) is 3.15. The van der Waals surface area contributed by atoms with Crippen molar-refractivity contribution >= 4 is 22.5 Å². The van der Waals surface area contributed by atoms with E-state index in [0.29, 0.717) is 18.2 Å². The Bertz CT molecular complexity index is 599. The van der Waals surface area contributed by atoms with Gasteiger partial charge in [-0.1, -0.05) is 13.8 Å². The Morgan fingerprint density at radius 2 is 2.11 bits per heavy atom. The van der Waals surface area contributed by atoms with Gasteiger partial charge in [0.05, 0.1) is 0 Å². The zero-order valence-electron chi connectivity index (χ0n) is 11.7. The highest BCUT2D eigenvalue weighted by Gasteiger charge is 2.14. The van der Waals surface area contributed by atoms with Crippen LogP contribution in [0.4, 0.5) is 5.69 Å². The van der Waals surface area contributed by atoms with Gasteiger partial charge in [0, 0.05) is 29.7 Å². The van der Waals surface area contributed by atoms with Crippen LogP contribution >= 0.6 is 0 Å². The Hall–Kier alpha value is -1.97. The van der Waals surface area contributed by atoms with Crippen LogP contribution in [0, 0.1) is 5.92 Å². The molecule has 0 aliphatic carbocycles. The largest absolute Gasteiger partial charge is 0.399 e. The molecule has 0 spiro atoms. The van der Waals surface area contributed by atoms with Crippen molar-refractivity contribution in [3.8, 4) is 0 Å². The average molecular weight is 259 g/mol. The summed E-state index contributed by atoms with van der Waals surface area (Å²) in [4.78, 5) is 12.2. The highest BCUT2D eigenvalue weighted by Crippen LogP contribution is 2.22. The molecule has 3 N–H and O–H groups in total. The number of carbonyl (C=O) groups excluding carboxylic acids is 1. The third-order valence-corrected chi connectivity index (χ3v) is 3.15. The van der Waals surface area contributed by atoms with Crippen LogP contribution in [-0.2, 0) is 6.54 Å². The number of aryl methyl sites for hydroxylation is 1. The normalized spacial score (nSPS) is 11.2. The van der Waals surface area contributed by atoms with Gasteiger partial charge in [-0.3, -0.25) is 4.79 Å². The number of amides is 1. The maximum absolute atomic E-state index is 12.2. The van der Waals surface area contributed by atoms with Crippen molar-refractivity contribution in [2.45, 2.75) is 27.3 Å². The van der Waals surface area contributed by atoms with Crippen LogP contribution in [0.3, 0.4) is 0 Å². The SMILES string of the molecule is CCn1c(C(=O)NCC(C)C)cc2cc(N)ccc21. The van der Waals surface area contributed by atoms with Gasteiger partial charge in [0.2, 0.25) is 0 Å². The summed E-state index contributed by atoms with van der Waals surface area (Å²) in [6.45, 7) is 7.64. The van der Waals surface area contributed by atoms with E-state index in [1.54, 1.807) is 0 Å². The van der Waals surface area contributed by atoms with Gasteiger partial charge in [-0.15, -0.1) is 0 Å². The van der Waals surface area contributed by atoms with Gasteiger partial charge < -0.3 is 15.6 Å². The monoisotopic (exact) mass is 259 g/mol. The maximum atomic E-state index is 12.2. The van der Waals surface area contributed by atoms with E-state index in [1.165, 1.54) is 0 Å². The summed E-state index contributed by atoms with van der Waals surface area (Å²) in [5, 5.41) is 3.97. The number of fused-ring (bicyclic) bond motifs is 1. The first-order valence-corrected chi connectivity index (χ1v) is 6.70. The molecule has 1 amide bonds. The number of hydrogen-bond acceptors (Lipinski definition) is 2. The topological polar surface area (TPSA) is 60.0 Å². The van der Waals surface area contributed by atoms with Gasteiger partial charge in [-0.05, 0) is 37.1 Å². The number of benzene rings is 1. The predicted octanol–water partition coefficient (Wildman–Crippen LogP) is 2.63. The standard InChI is InChI=1S/C15H21N3O/c1-4-18-13-6-5-12(16)7-11(13)8-14(18)15(19)17-9-10(2)3/h5-8,10H,4,9,16H2,1-3H3,(H,17,19). The van der Waals surface area contributed by atoms with E-state index in [4.69, 9.17) is 5.73 Å². The van der Waals surface area contributed by atoms with Gasteiger partial charge in [0.25, 0.3) is 5.91 Å². The van der Waals surface area contributed by atoms with E-state index in [2.05, 4.69) is 19.2 Å². The minimum Gasteiger partial charge on any atom is -0.399 e. The molecular weight excluding hydrogens is 238 g/mol. The first kappa shape index (κ1) is 13.5. The zero-order valence-corrected chi connectivity index (χ0v) is 11.7. The quantitative estimate of drug-likeness (QED) is 0.829. The van der Waals surface area contributed by atoms with Crippen LogP contribution in [0.2, 0.25) is 0 Å². The number of nitrogens with two attached hydrogens (primary N) is 1. The summed E-state index contributed by atoms with van der Waals surface area (Å²) in [6.07, 6.45) is 0. The zero-order chi connectivity index (χ0) is 14.0. The van der Waals surface area contributed by atoms with E-state index in [1.807, 2.05) is 35.8 Å². The molecule has 0 fully saturated rings. The number of anilines is 1. The van der Waals surface area contributed by atoms with E-state index >= 15 is 0 Å². The first-order chi connectivity index (χ1) is 9.02. The number of aromatic nitrogens is 1. The second-order valence-electron chi connectivity index (χ2n) is 5.20. The predicted molar refractivity (Wildman–Crippen MR) is 79.2 cm³/mol. The van der Waals surface area contributed by atoms with Crippen LogP contribution in [0.1, 0.15) is 31.3 Å². The molecule has 2 aromatic rings. The molecule has 1 heterocycles. The summed E-state index contributed by atoms with van der Waals surface area (Å²) < 4.78 is 2.02. The van der Waals surface area contributed by atoms with Crippen molar-refractivity contribution < 1.29 is 4.79 Å². The second-order valence-corrected chi connectivity index (χ2v) is 5.20. The fourth-order valence-electron chi connectivity index (χ4n) is 2.21. The van der Waals surface area contributed by atoms with Crippen molar-refractivity contribution in [3.05, 3.63) is 30.0 Å². The smallest absolute Gasteiger partial charge is 0.267 e. The number of rotatable bonds is 4. The Kier molecular flexibility index (Phi) is 3.79. The van der Waals surface area contributed by atoms with Gasteiger partial charge in [-0.25, -0.2) is 0 Å². The highest BCUT2D eigenvalue weighted by molar-refractivity contribution is 5.99. The lowest BCUT2D eigenvalue weighted by Crippen LogP contribution is -2.29. The van der Waals surface area contributed by atoms with Gasteiger partial charge in [-0.2, -0.15) is 0 Å². The number of nitrogens with one attached hydrogen (secondary N) is 1. The molecule has 0 aliphatic rings. The lowest BCUT2D eigenvalue weighted by molar-refractivity contribution is 0.0940. The molecule has 0 aliphatic heterocycles. The summed E-state index contributed by atoms with van der Waals surface area (Å²) in [7, 11) is 0. The molecule has 1 aromatic heterocycles. The van der Waals surface area contributed by atoms with Crippen LogP contribution in [0.25, 0.3) is 10.9 Å². The molecule has 0 saturated heterocycles. The lowest BCUT2D eigenvalue weighted by atomic mass is 10.2. The molecule has 4 nitrogen and oxygen atoms in total. The molecule has 0 radical (unpaired) electrons. The minimum atomic E-state index is -0.0229. The van der Waals surface area contributed by atoms with Crippen LogP contribution < -0.4 is 11.1 Å².